The molecule has 0 saturated carbocycles. The van der Waals surface area contributed by atoms with Gasteiger partial charge in [0.15, 0.2) is 0 Å². The Hall–Kier alpha value is -5.72. The van der Waals surface area contributed by atoms with Gasteiger partial charge >= 0.3 is 0 Å². The van der Waals surface area contributed by atoms with E-state index in [2.05, 4.69) is 170 Å². The number of rotatable bonds is 3. The molecule has 0 heteroatoms. The molecule has 0 heterocycles. The van der Waals surface area contributed by atoms with Crippen LogP contribution in [-0.2, 0) is 0 Å². The van der Waals surface area contributed by atoms with Gasteiger partial charge in [-0.05, 0) is 93.3 Å². The Morgan fingerprint density at radius 1 is 0.250 bits per heavy atom. The van der Waals surface area contributed by atoms with Crippen LogP contribution in [0.2, 0.25) is 0 Å². The Morgan fingerprint density at radius 2 is 0.727 bits per heavy atom. The minimum atomic E-state index is 1.23. The molecule has 204 valence electrons. The second kappa shape index (κ2) is 9.93. The van der Waals surface area contributed by atoms with Gasteiger partial charge in [0.05, 0.1) is 0 Å². The lowest BCUT2D eigenvalue weighted by Crippen LogP contribution is -1.92. The molecule has 0 aliphatic carbocycles. The Labute approximate surface area is 256 Å². The Morgan fingerprint density at radius 3 is 1.43 bits per heavy atom. The topological polar surface area (TPSA) is 0 Å². The molecule has 9 aromatic rings. The van der Waals surface area contributed by atoms with Crippen LogP contribution in [0.4, 0.5) is 0 Å². The van der Waals surface area contributed by atoms with Crippen molar-refractivity contribution in [2.75, 3.05) is 0 Å². The summed E-state index contributed by atoms with van der Waals surface area (Å²) in [5, 5.41) is 12.8. The molecular weight excluding hydrogens is 528 g/mol. The molecule has 0 bridgehead atoms. The van der Waals surface area contributed by atoms with Crippen molar-refractivity contribution in [1.29, 1.82) is 0 Å². The molecule has 0 spiro atoms. The van der Waals surface area contributed by atoms with Crippen molar-refractivity contribution < 1.29 is 0 Å². The molecule has 0 aromatic heterocycles. The third-order valence-corrected chi connectivity index (χ3v) is 9.23. The van der Waals surface area contributed by atoms with Crippen LogP contribution in [0.5, 0.6) is 0 Å². The van der Waals surface area contributed by atoms with E-state index in [0.717, 1.165) is 0 Å². The molecular formula is C44H28. The molecule has 9 rings (SSSR count). The summed E-state index contributed by atoms with van der Waals surface area (Å²) in [6, 6.07) is 62.3. The first kappa shape index (κ1) is 24.8. The molecule has 0 radical (unpaired) electrons. The maximum Gasteiger partial charge on any atom is -0.00199 e. The van der Waals surface area contributed by atoms with Crippen LogP contribution in [0.3, 0.4) is 0 Å². The molecule has 9 aromatic carbocycles. The van der Waals surface area contributed by atoms with Gasteiger partial charge in [-0.3, -0.25) is 0 Å². The second-order valence-corrected chi connectivity index (χ2v) is 11.7. The highest BCUT2D eigenvalue weighted by atomic mass is 14.2. The van der Waals surface area contributed by atoms with E-state index in [9.17, 15) is 0 Å². The van der Waals surface area contributed by atoms with Crippen LogP contribution in [0, 0.1) is 0 Å². The fourth-order valence-corrected chi connectivity index (χ4v) is 7.20. The summed E-state index contributed by atoms with van der Waals surface area (Å²) in [6.45, 7) is 0. The van der Waals surface area contributed by atoms with Gasteiger partial charge in [-0.25, -0.2) is 0 Å². The van der Waals surface area contributed by atoms with Crippen molar-refractivity contribution >= 4 is 53.9 Å². The van der Waals surface area contributed by atoms with E-state index in [-0.39, 0.29) is 0 Å². The second-order valence-electron chi connectivity index (χ2n) is 11.7. The Bertz CT molecular complexity index is 2480. The first-order valence-corrected chi connectivity index (χ1v) is 15.3. The molecule has 0 nitrogen and oxygen atoms in total. The molecule has 0 amide bonds. The maximum absolute atomic E-state index is 2.31. The summed E-state index contributed by atoms with van der Waals surface area (Å²) in [5.74, 6) is 0. The van der Waals surface area contributed by atoms with E-state index in [4.69, 9.17) is 0 Å². The molecule has 44 heavy (non-hydrogen) atoms. The van der Waals surface area contributed by atoms with Crippen LogP contribution in [0.25, 0.3) is 87.2 Å². The highest BCUT2D eigenvalue weighted by molar-refractivity contribution is 6.26. The summed E-state index contributed by atoms with van der Waals surface area (Å²) < 4.78 is 0. The van der Waals surface area contributed by atoms with Crippen LogP contribution in [0.1, 0.15) is 0 Å². The van der Waals surface area contributed by atoms with Gasteiger partial charge in [-0.1, -0.05) is 164 Å². The van der Waals surface area contributed by atoms with Gasteiger partial charge in [-0.2, -0.15) is 0 Å². The summed E-state index contributed by atoms with van der Waals surface area (Å²) in [6.07, 6.45) is 0. The normalized spacial score (nSPS) is 11.6. The first-order valence-electron chi connectivity index (χ1n) is 15.3. The van der Waals surface area contributed by atoms with E-state index >= 15 is 0 Å². The monoisotopic (exact) mass is 556 g/mol. The van der Waals surface area contributed by atoms with Gasteiger partial charge in [0.1, 0.15) is 0 Å². The van der Waals surface area contributed by atoms with Crippen molar-refractivity contribution in [3.05, 3.63) is 170 Å². The fourth-order valence-electron chi connectivity index (χ4n) is 7.20. The fraction of sp³-hybridized carbons (Fsp3) is 0. The van der Waals surface area contributed by atoms with Gasteiger partial charge in [-0.15, -0.1) is 0 Å². The average Bonchev–Trinajstić information content (AvgIpc) is 3.10. The SMILES string of the molecule is c1ccc2cc(-c3ccc(-c4c5ccccc5c(-c5cccc6ccc7ccccc7c56)c5ccccc45)cc3)ccc2c1. The third kappa shape index (κ3) is 3.85. The molecule has 0 fully saturated rings. The third-order valence-electron chi connectivity index (χ3n) is 9.23. The summed E-state index contributed by atoms with van der Waals surface area (Å²) in [7, 11) is 0. The standard InChI is InChI=1S/C44H28/c1-2-12-34-28-35(27-22-29(34)10-1)30-20-24-33(25-21-30)43-37-15-5-7-17-39(37)44(40-18-8-6-16-38(40)43)41-19-9-13-32-26-23-31-11-3-4-14-36(31)42(32)41/h1-28H. The molecule has 0 aliphatic heterocycles. The van der Waals surface area contributed by atoms with Crippen LogP contribution < -0.4 is 0 Å². The highest BCUT2D eigenvalue weighted by Crippen LogP contribution is 2.46. The lowest BCUT2D eigenvalue weighted by atomic mass is 9.84. The van der Waals surface area contributed by atoms with Crippen LogP contribution in [0.15, 0.2) is 170 Å². The van der Waals surface area contributed by atoms with Crippen LogP contribution in [-0.4, -0.2) is 0 Å². The minimum Gasteiger partial charge on any atom is -0.0616 e. The van der Waals surface area contributed by atoms with E-state index in [1.165, 1.54) is 87.2 Å². The molecule has 0 atom stereocenters. The largest absolute Gasteiger partial charge is 0.0616 e. The van der Waals surface area contributed by atoms with Crippen molar-refractivity contribution in [3.63, 3.8) is 0 Å². The van der Waals surface area contributed by atoms with Crippen molar-refractivity contribution in [1.82, 2.24) is 0 Å². The number of hydrogen-bond acceptors (Lipinski definition) is 0. The number of hydrogen-bond donors (Lipinski definition) is 0. The average molecular weight is 557 g/mol. The summed E-state index contributed by atoms with van der Waals surface area (Å²) in [5.41, 5.74) is 7.57. The smallest absolute Gasteiger partial charge is 0.00199 e. The van der Waals surface area contributed by atoms with Gasteiger partial charge in [0, 0.05) is 0 Å². The zero-order valence-electron chi connectivity index (χ0n) is 24.2. The van der Waals surface area contributed by atoms with E-state index in [1.807, 2.05) is 0 Å². The maximum atomic E-state index is 2.31. The quantitative estimate of drug-likeness (QED) is 0.150. The highest BCUT2D eigenvalue weighted by Gasteiger charge is 2.18. The van der Waals surface area contributed by atoms with E-state index < -0.39 is 0 Å². The molecule has 0 unspecified atom stereocenters. The Balaban J connectivity index is 1.30. The number of benzene rings is 9. The number of fused-ring (bicyclic) bond motifs is 6. The molecule has 0 aliphatic rings. The van der Waals surface area contributed by atoms with Crippen LogP contribution >= 0.6 is 0 Å². The predicted molar refractivity (Wildman–Crippen MR) is 190 cm³/mol. The lowest BCUT2D eigenvalue weighted by molar-refractivity contribution is 1.63. The van der Waals surface area contributed by atoms with Gasteiger partial charge < -0.3 is 0 Å². The van der Waals surface area contributed by atoms with Gasteiger partial charge in [0.2, 0.25) is 0 Å². The first-order chi connectivity index (χ1) is 21.8. The van der Waals surface area contributed by atoms with E-state index in [1.54, 1.807) is 0 Å². The summed E-state index contributed by atoms with van der Waals surface area (Å²) in [4.78, 5) is 0. The molecule has 0 saturated heterocycles. The molecule has 0 N–H and O–H groups in total. The minimum absolute atomic E-state index is 1.23. The van der Waals surface area contributed by atoms with E-state index in [0.29, 0.717) is 0 Å². The Kier molecular flexibility index (Phi) is 5.61. The lowest BCUT2D eigenvalue weighted by Gasteiger charge is -2.19. The zero-order chi connectivity index (χ0) is 29.0. The van der Waals surface area contributed by atoms with Gasteiger partial charge in [0.25, 0.3) is 0 Å². The van der Waals surface area contributed by atoms with Crippen molar-refractivity contribution in [3.8, 4) is 33.4 Å². The van der Waals surface area contributed by atoms with Crippen molar-refractivity contribution in [2.24, 2.45) is 0 Å². The van der Waals surface area contributed by atoms with Crippen molar-refractivity contribution in [2.45, 2.75) is 0 Å². The summed E-state index contributed by atoms with van der Waals surface area (Å²) >= 11 is 0. The predicted octanol–water partition coefficient (Wildman–Crippen LogP) is 12.5. The zero-order valence-corrected chi connectivity index (χ0v) is 24.2.